The zero-order valence-corrected chi connectivity index (χ0v) is 28.1. The molecule has 0 atom stereocenters. The van der Waals surface area contributed by atoms with Crippen LogP contribution in [0, 0.1) is 6.92 Å². The number of esters is 1. The van der Waals surface area contributed by atoms with E-state index in [4.69, 9.17) is 23.3 Å². The number of rotatable bonds is 17. The first-order valence-electron chi connectivity index (χ1n) is 13.6. The van der Waals surface area contributed by atoms with Gasteiger partial charge in [0.2, 0.25) is 10.0 Å². The Balaban J connectivity index is 2.38. The van der Waals surface area contributed by atoms with Gasteiger partial charge in [-0.1, -0.05) is 31.3 Å². The highest BCUT2D eigenvalue weighted by Crippen LogP contribution is 2.48. The van der Waals surface area contributed by atoms with Crippen LogP contribution in [-0.2, 0) is 41.4 Å². The number of carbonyl (C=O) groups excluding carboxylic acids is 1. The number of fused-ring (bicyclic) bond motifs is 1. The number of methoxy groups -OCH3 is 1. The summed E-state index contributed by atoms with van der Waals surface area (Å²) < 4.78 is 67.4. The smallest absolute Gasteiger partial charge is 0.342 e. The molecule has 1 aliphatic heterocycles. The fourth-order valence-electron chi connectivity index (χ4n) is 4.40. The summed E-state index contributed by atoms with van der Waals surface area (Å²) in [5.74, 6) is 0.678. The van der Waals surface area contributed by atoms with E-state index in [0.717, 1.165) is 34.6 Å². The maximum absolute atomic E-state index is 12.9. The molecule has 1 heterocycles. The highest BCUT2D eigenvalue weighted by Gasteiger charge is 2.33. The topological polar surface area (TPSA) is 118 Å². The number of nitrogens with zero attached hydrogens (tertiary/aromatic N) is 1. The largest absolute Gasteiger partial charge is 0.496 e. The van der Waals surface area contributed by atoms with E-state index >= 15 is 0 Å². The number of benzene rings is 1. The standard InChI is InChI=1S/C27H46NO9PSSi/c1-10-36-38(30,37-11-2)16-14-28(39(6,31)32)18-20(3)12-13-22-25(33-5)21(4)23-19-35-27(29)24(23)26(22)34-15-17-40(7,8)9/h12H,10-11,13-19H2,1-9H3/b20-12+. The molecule has 40 heavy (non-hydrogen) atoms. The average molecular weight is 620 g/mol. The Hall–Kier alpha value is -1.69. The van der Waals surface area contributed by atoms with Crippen LogP contribution in [0.5, 0.6) is 11.5 Å². The van der Waals surface area contributed by atoms with Crippen LogP contribution in [0.2, 0.25) is 25.7 Å². The van der Waals surface area contributed by atoms with Crippen molar-refractivity contribution in [3.05, 3.63) is 33.9 Å². The summed E-state index contributed by atoms with van der Waals surface area (Å²) in [4.78, 5) is 12.7. The second-order valence-corrected chi connectivity index (χ2v) is 20.9. The minimum absolute atomic E-state index is 0.0144. The van der Waals surface area contributed by atoms with Crippen LogP contribution in [0.25, 0.3) is 0 Å². The summed E-state index contributed by atoms with van der Waals surface area (Å²) in [6, 6.07) is 0.915. The van der Waals surface area contributed by atoms with Crippen LogP contribution in [0.1, 0.15) is 47.8 Å². The monoisotopic (exact) mass is 619 g/mol. The maximum atomic E-state index is 12.9. The number of allylic oxidation sites excluding steroid dienone is 1. The van der Waals surface area contributed by atoms with Crippen molar-refractivity contribution in [3.63, 3.8) is 0 Å². The van der Waals surface area contributed by atoms with E-state index in [9.17, 15) is 17.8 Å². The van der Waals surface area contributed by atoms with Gasteiger partial charge in [0, 0.05) is 32.3 Å². The molecule has 0 saturated heterocycles. The van der Waals surface area contributed by atoms with Crippen LogP contribution < -0.4 is 9.47 Å². The molecule has 1 aromatic carbocycles. The second kappa shape index (κ2) is 14.5. The molecule has 0 fully saturated rings. The van der Waals surface area contributed by atoms with Crippen molar-refractivity contribution in [2.75, 3.05) is 52.4 Å². The molecule has 2 rings (SSSR count). The van der Waals surface area contributed by atoms with Gasteiger partial charge >= 0.3 is 13.6 Å². The normalized spacial score (nSPS) is 14.4. The molecule has 228 valence electrons. The molecule has 1 aliphatic rings. The lowest BCUT2D eigenvalue weighted by Gasteiger charge is -2.24. The summed E-state index contributed by atoms with van der Waals surface area (Å²) in [6.07, 6.45) is 3.32. The predicted molar refractivity (Wildman–Crippen MR) is 160 cm³/mol. The molecule has 0 N–H and O–H groups in total. The third-order valence-corrected chi connectivity index (χ3v) is 11.6. The molecule has 0 unspecified atom stereocenters. The molecule has 0 aromatic heterocycles. The van der Waals surface area contributed by atoms with Crippen molar-refractivity contribution < 1.29 is 41.0 Å². The molecule has 0 bridgehead atoms. The Morgan fingerprint density at radius 2 is 1.77 bits per heavy atom. The molecule has 0 amide bonds. The van der Waals surface area contributed by atoms with Crippen molar-refractivity contribution in [1.29, 1.82) is 0 Å². The summed E-state index contributed by atoms with van der Waals surface area (Å²) in [5.41, 5.74) is 3.52. The zero-order chi connectivity index (χ0) is 30.3. The van der Waals surface area contributed by atoms with E-state index in [-0.39, 0.29) is 39.1 Å². The minimum Gasteiger partial charge on any atom is -0.496 e. The SMILES string of the molecule is CCOP(=O)(CCN(C/C(C)=C/Cc1c(OC)c(C)c2c(c1OCC[Si](C)(C)C)C(=O)OC2)S(C)(=O)=O)OCC. The van der Waals surface area contributed by atoms with Gasteiger partial charge in [0.1, 0.15) is 23.7 Å². The Labute approximate surface area is 240 Å². The molecule has 0 spiro atoms. The quantitative estimate of drug-likeness (QED) is 0.0977. The molecular weight excluding hydrogens is 573 g/mol. The van der Waals surface area contributed by atoms with Gasteiger partial charge in [-0.3, -0.25) is 4.57 Å². The molecule has 1 aromatic rings. The highest BCUT2D eigenvalue weighted by atomic mass is 32.2. The number of sulfonamides is 1. The van der Waals surface area contributed by atoms with Crippen molar-refractivity contribution in [2.24, 2.45) is 0 Å². The summed E-state index contributed by atoms with van der Waals surface area (Å²) >= 11 is 0. The van der Waals surface area contributed by atoms with E-state index in [1.54, 1.807) is 21.0 Å². The lowest BCUT2D eigenvalue weighted by Crippen LogP contribution is -2.34. The Morgan fingerprint density at radius 1 is 1.15 bits per heavy atom. The van der Waals surface area contributed by atoms with Gasteiger partial charge in [-0.2, -0.15) is 4.31 Å². The molecule has 10 nitrogen and oxygen atoms in total. The number of hydrogen-bond donors (Lipinski definition) is 0. The van der Waals surface area contributed by atoms with E-state index in [0.29, 0.717) is 30.1 Å². The minimum atomic E-state index is -3.61. The van der Waals surface area contributed by atoms with E-state index < -0.39 is 31.7 Å². The van der Waals surface area contributed by atoms with Gasteiger partial charge in [0.05, 0.1) is 39.3 Å². The van der Waals surface area contributed by atoms with E-state index in [2.05, 4.69) is 19.6 Å². The van der Waals surface area contributed by atoms with Crippen LogP contribution in [0.3, 0.4) is 0 Å². The number of ether oxygens (including phenoxy) is 3. The summed E-state index contributed by atoms with van der Waals surface area (Å²) in [6.45, 7) is 15.0. The average Bonchev–Trinajstić information content (AvgIpc) is 3.22. The fraction of sp³-hybridized carbons (Fsp3) is 0.667. The second-order valence-electron chi connectivity index (χ2n) is 11.1. The maximum Gasteiger partial charge on any atom is 0.342 e. The van der Waals surface area contributed by atoms with Crippen molar-refractivity contribution in [1.82, 2.24) is 4.31 Å². The number of hydrogen-bond acceptors (Lipinski definition) is 9. The van der Waals surface area contributed by atoms with Crippen molar-refractivity contribution in [3.8, 4) is 11.5 Å². The Bertz CT molecular complexity index is 1230. The molecule has 0 saturated carbocycles. The fourth-order valence-corrected chi connectivity index (χ4v) is 7.72. The van der Waals surface area contributed by atoms with Crippen LogP contribution in [-0.4, -0.2) is 79.2 Å². The van der Waals surface area contributed by atoms with Gasteiger partial charge < -0.3 is 23.3 Å². The lowest BCUT2D eigenvalue weighted by atomic mass is 9.95. The molecular formula is C27H46NO9PSSi. The summed E-state index contributed by atoms with van der Waals surface area (Å²) in [5, 5.41) is 0. The van der Waals surface area contributed by atoms with Gasteiger partial charge in [-0.15, -0.1) is 0 Å². The first-order chi connectivity index (χ1) is 18.6. The van der Waals surface area contributed by atoms with Gasteiger partial charge in [0.25, 0.3) is 0 Å². The van der Waals surface area contributed by atoms with Crippen LogP contribution in [0.15, 0.2) is 11.6 Å². The molecule has 13 heteroatoms. The molecule has 0 radical (unpaired) electrons. The molecule has 0 aliphatic carbocycles. The Morgan fingerprint density at radius 3 is 2.30 bits per heavy atom. The number of cyclic esters (lactones) is 1. The van der Waals surface area contributed by atoms with E-state index in [1.165, 1.54) is 4.31 Å². The predicted octanol–water partition coefficient (Wildman–Crippen LogP) is 5.41. The van der Waals surface area contributed by atoms with Crippen LogP contribution >= 0.6 is 7.60 Å². The van der Waals surface area contributed by atoms with Gasteiger partial charge in [-0.25, -0.2) is 13.2 Å². The first kappa shape index (κ1) is 34.5. The van der Waals surface area contributed by atoms with Gasteiger partial charge in [0.15, 0.2) is 0 Å². The summed E-state index contributed by atoms with van der Waals surface area (Å²) in [7, 11) is -6.83. The Kier molecular flexibility index (Phi) is 12.5. The van der Waals surface area contributed by atoms with Crippen LogP contribution in [0.4, 0.5) is 0 Å². The van der Waals surface area contributed by atoms with Crippen molar-refractivity contribution >= 4 is 31.7 Å². The van der Waals surface area contributed by atoms with E-state index in [1.807, 2.05) is 19.9 Å². The van der Waals surface area contributed by atoms with Gasteiger partial charge in [-0.05, 0) is 45.7 Å². The lowest BCUT2D eigenvalue weighted by molar-refractivity contribution is 0.0532. The highest BCUT2D eigenvalue weighted by molar-refractivity contribution is 7.88. The third-order valence-electron chi connectivity index (χ3n) is 6.55. The zero-order valence-electron chi connectivity index (χ0n) is 25.4. The van der Waals surface area contributed by atoms with Crippen molar-refractivity contribution in [2.45, 2.75) is 66.4 Å². The number of carbonyl (C=O) groups is 1. The third kappa shape index (κ3) is 9.42. The first-order valence-corrected chi connectivity index (χ1v) is 20.9.